The molecule has 290 valence electrons. The fourth-order valence-electron chi connectivity index (χ4n) is 15.8. The molecule has 7 saturated carbocycles. The summed E-state index contributed by atoms with van der Waals surface area (Å²) in [6, 6.07) is 4.22. The van der Waals surface area contributed by atoms with E-state index in [-0.39, 0.29) is 5.60 Å². The molecule has 13 aliphatic rings. The van der Waals surface area contributed by atoms with E-state index in [4.69, 9.17) is 35.4 Å². The normalized spacial score (nSPS) is 63.8. The molecule has 21 unspecified atom stereocenters. The van der Waals surface area contributed by atoms with E-state index >= 15 is 0 Å². The van der Waals surface area contributed by atoms with Gasteiger partial charge in [0.05, 0.1) is 48.3 Å². The lowest BCUT2D eigenvalue weighted by atomic mass is 9.77. The first-order valence-corrected chi connectivity index (χ1v) is 32.4. The van der Waals surface area contributed by atoms with Crippen LogP contribution in [0.2, 0.25) is 50.4 Å². The van der Waals surface area contributed by atoms with Crippen molar-refractivity contribution in [3.8, 4) is 0 Å². The first kappa shape index (κ1) is 34.6. The minimum Gasteiger partial charge on any atom is -0.416 e. The number of ether oxygens (including phenoxy) is 4. The third-order valence-corrected chi connectivity index (χ3v) is 36.8. The van der Waals surface area contributed by atoms with Crippen LogP contribution in [0, 0.1) is 59.2 Å². The van der Waals surface area contributed by atoms with E-state index < -0.39 is 34.2 Å². The number of hydrogen-bond donors (Lipinski definition) is 0. The van der Waals surface area contributed by atoms with Crippen molar-refractivity contribution in [2.75, 3.05) is 0 Å². The summed E-state index contributed by atoms with van der Waals surface area (Å²) in [4.78, 5) is 0. The zero-order chi connectivity index (χ0) is 35.0. The molecule has 13 rings (SSSR count). The second kappa shape index (κ2) is 11.6. The monoisotopic (exact) mass is 786 g/mol. The molecule has 7 aliphatic carbocycles. The minimum atomic E-state index is -2.66. The molecule has 8 nitrogen and oxygen atoms in total. The lowest BCUT2D eigenvalue weighted by Gasteiger charge is -2.52. The largest absolute Gasteiger partial charge is 0.416 e. The molecule has 0 amide bonds. The average molecular weight is 787 g/mol. The van der Waals surface area contributed by atoms with Gasteiger partial charge in [0.15, 0.2) is 0 Å². The molecule has 0 N–H and O–H groups in total. The van der Waals surface area contributed by atoms with Gasteiger partial charge in [-0.3, -0.25) is 0 Å². The summed E-state index contributed by atoms with van der Waals surface area (Å²) < 4.78 is 56.4. The number of fused-ring (bicyclic) bond motifs is 12. The molecule has 13 fully saturated rings. The van der Waals surface area contributed by atoms with Gasteiger partial charge in [0.25, 0.3) is 0 Å². The van der Waals surface area contributed by atoms with Gasteiger partial charge in [-0.1, -0.05) is 0 Å². The van der Waals surface area contributed by atoms with Crippen LogP contribution < -0.4 is 0 Å². The molecule has 9 bridgehead atoms. The predicted molar refractivity (Wildman–Crippen MR) is 204 cm³/mol. The summed E-state index contributed by atoms with van der Waals surface area (Å²) in [7, 11) is -10.6. The quantitative estimate of drug-likeness (QED) is 0.145. The Bertz CT molecular complexity index is 1470. The Morgan fingerprint density at radius 3 is 1.38 bits per heavy atom. The second-order valence-corrected chi connectivity index (χ2v) is 36.1. The molecule has 0 aromatic carbocycles. The van der Waals surface area contributed by atoms with Gasteiger partial charge in [-0.05, 0) is 194 Å². The van der Waals surface area contributed by atoms with Crippen molar-refractivity contribution >= 4 is 34.2 Å². The molecule has 0 radical (unpaired) electrons. The summed E-state index contributed by atoms with van der Waals surface area (Å²) in [5.74, 6) is 7.52. The standard InChI is InChI=1S/C40H66O8Si4/c1-23-27-16-26(34(20-27)41-23)8-12-51(4)46-49(2,10-6-24-14-28-18-32(24)38-36(28)42-38)45-50(3,11-7-25-15-29-19-33(25)39-37(29)43-39)47-52(5,48-51)13-9-31-17-30-21-40(31)22-35(30)44-40/h23-39H,6-22H2,1-5H3/t23?,24?,25?,26?,27?,28?,29?,30?,31?,32?,33?,34-,35?,36?,37?,38?,39?,40?,49?,50?,51?,52?/m0/s1. The average Bonchev–Trinajstić information content (AvgIpc) is 3.49. The number of rotatable bonds is 12. The Hall–Kier alpha value is 0.548. The molecule has 6 heterocycles. The highest BCUT2D eigenvalue weighted by Crippen LogP contribution is 2.65. The first-order valence-electron chi connectivity index (χ1n) is 22.3. The maximum atomic E-state index is 7.81. The molecule has 6 aliphatic heterocycles. The maximum Gasteiger partial charge on any atom is 0.317 e. The summed E-state index contributed by atoms with van der Waals surface area (Å²) >= 11 is 0. The predicted octanol–water partition coefficient (Wildman–Crippen LogP) is 8.14. The van der Waals surface area contributed by atoms with Gasteiger partial charge < -0.3 is 35.4 Å². The van der Waals surface area contributed by atoms with E-state index in [1.165, 1.54) is 77.0 Å². The summed E-state index contributed by atoms with van der Waals surface area (Å²) in [5, 5.41) is 0. The van der Waals surface area contributed by atoms with Crippen molar-refractivity contribution in [1.29, 1.82) is 0 Å². The van der Waals surface area contributed by atoms with E-state index in [1.807, 2.05) is 0 Å². The van der Waals surface area contributed by atoms with Crippen LogP contribution in [0.15, 0.2) is 0 Å². The van der Waals surface area contributed by atoms with E-state index in [0.29, 0.717) is 54.6 Å². The van der Waals surface area contributed by atoms with Crippen LogP contribution in [-0.2, 0) is 35.4 Å². The Morgan fingerprint density at radius 2 is 0.981 bits per heavy atom. The molecule has 12 heteroatoms. The Kier molecular flexibility index (Phi) is 7.71. The third-order valence-electron chi connectivity index (χ3n) is 18.2. The molecule has 0 aromatic heterocycles. The topological polar surface area (TPSA) is 80.4 Å². The van der Waals surface area contributed by atoms with Crippen LogP contribution in [0.4, 0.5) is 0 Å². The van der Waals surface area contributed by atoms with E-state index in [0.717, 1.165) is 77.9 Å². The molecule has 1 spiro atoms. The maximum absolute atomic E-state index is 7.81. The van der Waals surface area contributed by atoms with Gasteiger partial charge in [-0.2, -0.15) is 0 Å². The highest BCUT2D eigenvalue weighted by atomic mass is 28.5. The molecule has 0 aromatic rings. The highest BCUT2D eigenvalue weighted by Gasteiger charge is 2.68. The van der Waals surface area contributed by atoms with Gasteiger partial charge in [-0.25, -0.2) is 0 Å². The highest BCUT2D eigenvalue weighted by molar-refractivity contribution is 6.93. The van der Waals surface area contributed by atoms with Gasteiger partial charge >= 0.3 is 34.2 Å². The fourth-order valence-corrected chi connectivity index (χ4v) is 39.4. The number of epoxide rings is 2. The molecular formula is C40H66O8Si4. The molecule has 52 heavy (non-hydrogen) atoms. The first-order chi connectivity index (χ1) is 24.9. The van der Waals surface area contributed by atoms with Crippen molar-refractivity contribution < 1.29 is 35.4 Å². The van der Waals surface area contributed by atoms with Crippen molar-refractivity contribution in [2.45, 2.75) is 189 Å². The second-order valence-electron chi connectivity index (χ2n) is 21.7. The van der Waals surface area contributed by atoms with Gasteiger partial charge in [0.1, 0.15) is 0 Å². The van der Waals surface area contributed by atoms with E-state index in [9.17, 15) is 0 Å². The van der Waals surface area contributed by atoms with E-state index in [1.54, 1.807) is 0 Å². The molecule has 22 atom stereocenters. The zero-order valence-electron chi connectivity index (χ0n) is 32.6. The zero-order valence-corrected chi connectivity index (χ0v) is 36.6. The molecular weight excluding hydrogens is 721 g/mol. The SMILES string of the molecule is CC1O[C@H]2CC1CC2CC[Si]1(C)O[Si](C)(CCC2CC3CC2C2OC32)O[Si](C)(CCC2CC3CC2C2OC32)O[Si](C)(CCC2CC3CC24CC3O4)O1. The Labute approximate surface area is 316 Å². The minimum absolute atomic E-state index is 0.177. The molecule has 6 saturated heterocycles. The van der Waals surface area contributed by atoms with Crippen molar-refractivity contribution in [2.24, 2.45) is 59.2 Å². The van der Waals surface area contributed by atoms with Crippen LogP contribution in [0.1, 0.15) is 90.4 Å². The summed E-state index contributed by atoms with van der Waals surface area (Å²) in [5.41, 5.74) is 0.177. The Morgan fingerprint density at radius 1 is 0.481 bits per heavy atom. The van der Waals surface area contributed by atoms with Crippen LogP contribution in [0.3, 0.4) is 0 Å². The van der Waals surface area contributed by atoms with Gasteiger partial charge in [0.2, 0.25) is 0 Å². The number of hydrogen-bond acceptors (Lipinski definition) is 8. The lowest BCUT2D eigenvalue weighted by molar-refractivity contribution is -0.209. The lowest BCUT2D eigenvalue weighted by Crippen LogP contribution is -2.67. The fraction of sp³-hybridized carbons (Fsp3) is 1.00. The van der Waals surface area contributed by atoms with Crippen LogP contribution in [-0.4, -0.2) is 82.6 Å². The van der Waals surface area contributed by atoms with Gasteiger partial charge in [0, 0.05) is 6.42 Å². The third kappa shape index (κ3) is 5.55. The summed E-state index contributed by atoms with van der Waals surface area (Å²) in [6.45, 7) is 12.0. The van der Waals surface area contributed by atoms with Crippen LogP contribution >= 0.6 is 0 Å². The van der Waals surface area contributed by atoms with Gasteiger partial charge in [-0.15, -0.1) is 0 Å². The van der Waals surface area contributed by atoms with Crippen molar-refractivity contribution in [3.63, 3.8) is 0 Å². The van der Waals surface area contributed by atoms with Crippen molar-refractivity contribution in [1.82, 2.24) is 0 Å². The van der Waals surface area contributed by atoms with Crippen molar-refractivity contribution in [3.05, 3.63) is 0 Å². The van der Waals surface area contributed by atoms with Crippen LogP contribution in [0.5, 0.6) is 0 Å². The van der Waals surface area contributed by atoms with Crippen LogP contribution in [0.25, 0.3) is 0 Å². The van der Waals surface area contributed by atoms with E-state index in [2.05, 4.69) is 33.1 Å². The summed E-state index contributed by atoms with van der Waals surface area (Å²) in [6.07, 6.45) is 20.5. The smallest absolute Gasteiger partial charge is 0.317 e. The Balaban J connectivity index is 0.814.